The summed E-state index contributed by atoms with van der Waals surface area (Å²) in [7, 11) is 0. The molecule has 2 fully saturated rings. The lowest BCUT2D eigenvalue weighted by Gasteiger charge is -2.32. The highest BCUT2D eigenvalue weighted by Gasteiger charge is 2.35. The van der Waals surface area contributed by atoms with E-state index in [4.69, 9.17) is 0 Å². The predicted molar refractivity (Wildman–Crippen MR) is 79.7 cm³/mol. The highest BCUT2D eigenvalue weighted by atomic mass is 32.1. The van der Waals surface area contributed by atoms with Crippen LogP contribution >= 0.6 is 11.3 Å². The number of fused-ring (bicyclic) bond motifs is 1. The lowest BCUT2D eigenvalue weighted by atomic mass is 9.99. The first-order chi connectivity index (χ1) is 9.22. The Hall–Kier alpha value is -0.680. The van der Waals surface area contributed by atoms with Crippen molar-refractivity contribution in [3.05, 3.63) is 5.01 Å². The summed E-state index contributed by atoms with van der Waals surface area (Å²) in [5, 5.41) is 14.4. The van der Waals surface area contributed by atoms with Gasteiger partial charge in [-0.2, -0.15) is 0 Å². The van der Waals surface area contributed by atoms with Crippen LogP contribution in [0.15, 0.2) is 0 Å². The molecular weight excluding hydrogens is 256 g/mol. The zero-order valence-corrected chi connectivity index (χ0v) is 12.7. The standard InChI is InChI=1S/C14H24N4S/c1-10(2)9-13-16-17-14(19-13)15-11-6-8-18-7-4-3-5-12(11)18/h10-12H,3-9H2,1-2H3,(H,15,17). The fourth-order valence-corrected chi connectivity index (χ4v) is 4.33. The highest BCUT2D eigenvalue weighted by molar-refractivity contribution is 7.15. The van der Waals surface area contributed by atoms with Gasteiger partial charge in [-0.15, -0.1) is 10.2 Å². The van der Waals surface area contributed by atoms with Crippen molar-refractivity contribution < 1.29 is 0 Å². The predicted octanol–water partition coefficient (Wildman–Crippen LogP) is 2.78. The quantitative estimate of drug-likeness (QED) is 0.921. The van der Waals surface area contributed by atoms with E-state index in [0.717, 1.165) is 22.6 Å². The summed E-state index contributed by atoms with van der Waals surface area (Å²) in [5.74, 6) is 0.654. The molecule has 1 aromatic rings. The van der Waals surface area contributed by atoms with E-state index in [2.05, 4.69) is 34.3 Å². The van der Waals surface area contributed by atoms with Crippen LogP contribution in [0, 0.1) is 5.92 Å². The third-order valence-electron chi connectivity index (χ3n) is 4.21. The zero-order valence-electron chi connectivity index (χ0n) is 11.9. The van der Waals surface area contributed by atoms with Gasteiger partial charge < -0.3 is 5.32 Å². The van der Waals surface area contributed by atoms with Crippen LogP contribution < -0.4 is 5.32 Å². The van der Waals surface area contributed by atoms with E-state index >= 15 is 0 Å². The van der Waals surface area contributed by atoms with E-state index < -0.39 is 0 Å². The number of rotatable bonds is 4. The van der Waals surface area contributed by atoms with Crippen LogP contribution in [0.5, 0.6) is 0 Å². The molecule has 0 saturated carbocycles. The van der Waals surface area contributed by atoms with Crippen molar-refractivity contribution >= 4 is 16.5 Å². The van der Waals surface area contributed by atoms with Crippen LogP contribution in [0.4, 0.5) is 5.13 Å². The second-order valence-corrected chi connectivity index (χ2v) is 7.30. The summed E-state index contributed by atoms with van der Waals surface area (Å²) in [6, 6.07) is 1.31. The first-order valence-electron chi connectivity index (χ1n) is 7.55. The number of nitrogens with one attached hydrogen (secondary N) is 1. The maximum atomic E-state index is 4.31. The van der Waals surface area contributed by atoms with Gasteiger partial charge in [0.05, 0.1) is 0 Å². The Labute approximate surface area is 119 Å². The maximum absolute atomic E-state index is 4.31. The minimum atomic E-state index is 0.583. The molecule has 0 radical (unpaired) electrons. The normalized spacial score (nSPS) is 27.7. The smallest absolute Gasteiger partial charge is 0.205 e. The van der Waals surface area contributed by atoms with Gasteiger partial charge in [-0.05, 0) is 31.7 Å². The van der Waals surface area contributed by atoms with Crippen molar-refractivity contribution in [2.45, 2.75) is 58.0 Å². The topological polar surface area (TPSA) is 41.1 Å². The summed E-state index contributed by atoms with van der Waals surface area (Å²) in [5.41, 5.74) is 0. The van der Waals surface area contributed by atoms with Gasteiger partial charge in [0, 0.05) is 25.0 Å². The van der Waals surface area contributed by atoms with E-state index in [1.165, 1.54) is 38.8 Å². The van der Waals surface area contributed by atoms with Gasteiger partial charge in [0.1, 0.15) is 5.01 Å². The Morgan fingerprint density at radius 1 is 1.26 bits per heavy atom. The number of piperidine rings is 1. The Balaban J connectivity index is 1.60. The molecular formula is C14H24N4S. The minimum absolute atomic E-state index is 0.583. The van der Waals surface area contributed by atoms with Gasteiger partial charge in [-0.1, -0.05) is 31.6 Å². The Bertz CT molecular complexity index is 417. The molecule has 0 spiro atoms. The van der Waals surface area contributed by atoms with Crippen molar-refractivity contribution in [3.63, 3.8) is 0 Å². The molecule has 106 valence electrons. The van der Waals surface area contributed by atoms with E-state index in [-0.39, 0.29) is 0 Å². The summed E-state index contributed by atoms with van der Waals surface area (Å²) in [6.45, 7) is 6.99. The summed E-state index contributed by atoms with van der Waals surface area (Å²) < 4.78 is 0. The van der Waals surface area contributed by atoms with Gasteiger partial charge in [-0.25, -0.2) is 0 Å². The Morgan fingerprint density at radius 2 is 2.16 bits per heavy atom. The highest BCUT2D eigenvalue weighted by Crippen LogP contribution is 2.30. The van der Waals surface area contributed by atoms with Crippen molar-refractivity contribution in [2.75, 3.05) is 18.4 Å². The lowest BCUT2D eigenvalue weighted by Crippen LogP contribution is -2.41. The van der Waals surface area contributed by atoms with E-state index in [9.17, 15) is 0 Å². The molecule has 0 aliphatic carbocycles. The molecule has 2 aliphatic heterocycles. The monoisotopic (exact) mass is 280 g/mol. The van der Waals surface area contributed by atoms with Gasteiger partial charge in [0.2, 0.25) is 5.13 Å². The molecule has 2 saturated heterocycles. The largest absolute Gasteiger partial charge is 0.356 e. The fourth-order valence-electron chi connectivity index (χ4n) is 3.32. The zero-order chi connectivity index (χ0) is 13.2. The molecule has 3 heterocycles. The Morgan fingerprint density at radius 3 is 3.00 bits per heavy atom. The second kappa shape index (κ2) is 5.75. The van der Waals surface area contributed by atoms with Gasteiger partial charge in [0.25, 0.3) is 0 Å². The molecule has 2 unspecified atom stereocenters. The number of anilines is 1. The third kappa shape index (κ3) is 3.08. The van der Waals surface area contributed by atoms with Crippen molar-refractivity contribution in [3.8, 4) is 0 Å². The molecule has 1 aromatic heterocycles. The van der Waals surface area contributed by atoms with Crippen LogP contribution in [0.1, 0.15) is 44.5 Å². The third-order valence-corrected chi connectivity index (χ3v) is 5.09. The molecule has 5 heteroatoms. The van der Waals surface area contributed by atoms with Crippen LogP contribution in [-0.2, 0) is 6.42 Å². The molecule has 2 aliphatic rings. The number of hydrogen-bond acceptors (Lipinski definition) is 5. The summed E-state index contributed by atoms with van der Waals surface area (Å²) >= 11 is 1.74. The van der Waals surface area contributed by atoms with Crippen molar-refractivity contribution in [2.24, 2.45) is 5.92 Å². The van der Waals surface area contributed by atoms with Crippen LogP contribution in [0.3, 0.4) is 0 Å². The first kappa shape index (κ1) is 13.3. The van der Waals surface area contributed by atoms with Crippen LogP contribution in [0.2, 0.25) is 0 Å². The van der Waals surface area contributed by atoms with Crippen molar-refractivity contribution in [1.29, 1.82) is 0 Å². The molecule has 2 atom stereocenters. The fraction of sp³-hybridized carbons (Fsp3) is 0.857. The molecule has 0 aromatic carbocycles. The molecule has 4 nitrogen and oxygen atoms in total. The summed E-state index contributed by atoms with van der Waals surface area (Å²) in [4.78, 5) is 2.65. The van der Waals surface area contributed by atoms with Crippen LogP contribution in [0.25, 0.3) is 0 Å². The van der Waals surface area contributed by atoms with Gasteiger partial charge >= 0.3 is 0 Å². The second-order valence-electron chi connectivity index (χ2n) is 6.24. The van der Waals surface area contributed by atoms with Gasteiger partial charge in [-0.3, -0.25) is 4.90 Å². The van der Waals surface area contributed by atoms with E-state index in [1.807, 2.05) is 0 Å². The van der Waals surface area contributed by atoms with Gasteiger partial charge in [0.15, 0.2) is 0 Å². The average molecular weight is 280 g/mol. The molecule has 1 N–H and O–H groups in total. The maximum Gasteiger partial charge on any atom is 0.205 e. The molecule has 19 heavy (non-hydrogen) atoms. The molecule has 3 rings (SSSR count). The lowest BCUT2D eigenvalue weighted by molar-refractivity contribution is 0.192. The SMILES string of the molecule is CC(C)Cc1nnc(NC2CCN3CCCCC23)s1. The average Bonchev–Trinajstić information content (AvgIpc) is 2.97. The minimum Gasteiger partial charge on any atom is -0.356 e. The van der Waals surface area contributed by atoms with Crippen molar-refractivity contribution in [1.82, 2.24) is 15.1 Å². The summed E-state index contributed by atoms with van der Waals surface area (Å²) in [6.07, 6.45) is 6.40. The van der Waals surface area contributed by atoms with E-state index in [1.54, 1.807) is 11.3 Å². The number of hydrogen-bond donors (Lipinski definition) is 1. The Kier molecular flexibility index (Phi) is 4.03. The number of nitrogens with zero attached hydrogens (tertiary/aromatic N) is 3. The molecule has 0 bridgehead atoms. The number of aromatic nitrogens is 2. The van der Waals surface area contributed by atoms with Crippen LogP contribution in [-0.4, -0.2) is 40.3 Å². The van der Waals surface area contributed by atoms with E-state index in [0.29, 0.717) is 12.0 Å². The first-order valence-corrected chi connectivity index (χ1v) is 8.37. The molecule has 0 amide bonds.